The number of nitrogens with two attached hydrogens (primary N) is 1. The van der Waals surface area contributed by atoms with Crippen LogP contribution >= 0.6 is 0 Å². The number of rotatable bonds is 3. The third kappa shape index (κ3) is 2.17. The van der Waals surface area contributed by atoms with Crippen LogP contribution in [0.4, 0.5) is 10.3 Å². The summed E-state index contributed by atoms with van der Waals surface area (Å²) < 4.78 is 23.9. The molecule has 0 aliphatic rings. The molecule has 0 radical (unpaired) electrons. The van der Waals surface area contributed by atoms with Crippen LogP contribution in [0.15, 0.2) is 24.3 Å². The molecule has 1 aromatic carbocycles. The largest absolute Gasteiger partial charge is 0.494 e. The number of hydrogen-bond acceptors (Lipinski definition) is 5. The summed E-state index contributed by atoms with van der Waals surface area (Å²) in [4.78, 5) is 7.82. The summed E-state index contributed by atoms with van der Waals surface area (Å²) in [6.07, 6.45) is 0. The number of nitrogen functional groups attached to an aromatic ring is 1. The smallest absolute Gasteiger partial charge is 0.223 e. The topological polar surface area (TPSA) is 70.3 Å². The Morgan fingerprint density at radius 1 is 1.17 bits per heavy atom. The van der Waals surface area contributed by atoms with Crippen molar-refractivity contribution in [2.45, 2.75) is 0 Å². The van der Waals surface area contributed by atoms with Gasteiger partial charge in [-0.2, -0.15) is 4.98 Å². The Bertz CT molecular complexity index is 575. The lowest BCUT2D eigenvalue weighted by molar-refractivity contribution is 0.387. The van der Waals surface area contributed by atoms with Crippen LogP contribution in [-0.2, 0) is 0 Å². The van der Waals surface area contributed by atoms with Crippen LogP contribution in [0, 0.1) is 5.82 Å². The van der Waals surface area contributed by atoms with Crippen molar-refractivity contribution in [1.29, 1.82) is 0 Å². The zero-order valence-electron chi connectivity index (χ0n) is 9.98. The standard InChI is InChI=1S/C12H12FN3O2/c1-17-9-5-3-4-7(11(9)13)8-6-10(18-2)16-12(14)15-8/h3-6H,1-2H3,(H2,14,15,16). The average molecular weight is 249 g/mol. The second-order valence-corrected chi connectivity index (χ2v) is 3.48. The Morgan fingerprint density at radius 2 is 1.94 bits per heavy atom. The number of nitrogens with zero attached hydrogens (tertiary/aromatic N) is 2. The molecule has 6 heteroatoms. The third-order valence-electron chi connectivity index (χ3n) is 2.39. The van der Waals surface area contributed by atoms with Crippen molar-refractivity contribution in [3.8, 4) is 22.9 Å². The number of hydrogen-bond donors (Lipinski definition) is 1. The summed E-state index contributed by atoms with van der Waals surface area (Å²) in [5.74, 6) is -0.0601. The maximum atomic E-state index is 14.1. The minimum Gasteiger partial charge on any atom is -0.494 e. The predicted octanol–water partition coefficient (Wildman–Crippen LogP) is 1.88. The van der Waals surface area contributed by atoms with Crippen LogP contribution in [0.1, 0.15) is 0 Å². The van der Waals surface area contributed by atoms with Gasteiger partial charge in [-0.25, -0.2) is 9.37 Å². The van der Waals surface area contributed by atoms with Crippen molar-refractivity contribution in [1.82, 2.24) is 9.97 Å². The Hall–Kier alpha value is -2.37. The summed E-state index contributed by atoms with van der Waals surface area (Å²) >= 11 is 0. The van der Waals surface area contributed by atoms with Gasteiger partial charge in [0.15, 0.2) is 11.6 Å². The monoisotopic (exact) mass is 249 g/mol. The van der Waals surface area contributed by atoms with Gasteiger partial charge in [0.2, 0.25) is 11.8 Å². The quantitative estimate of drug-likeness (QED) is 0.899. The Balaban J connectivity index is 2.58. The lowest BCUT2D eigenvalue weighted by Crippen LogP contribution is -2.00. The average Bonchev–Trinajstić information content (AvgIpc) is 2.38. The zero-order valence-corrected chi connectivity index (χ0v) is 9.98. The van der Waals surface area contributed by atoms with Crippen molar-refractivity contribution in [3.63, 3.8) is 0 Å². The van der Waals surface area contributed by atoms with E-state index in [1.54, 1.807) is 12.1 Å². The third-order valence-corrected chi connectivity index (χ3v) is 2.39. The lowest BCUT2D eigenvalue weighted by atomic mass is 10.1. The summed E-state index contributed by atoms with van der Waals surface area (Å²) in [7, 11) is 2.85. The van der Waals surface area contributed by atoms with Crippen molar-refractivity contribution in [2.24, 2.45) is 0 Å². The maximum absolute atomic E-state index is 14.1. The predicted molar refractivity (Wildman–Crippen MR) is 64.9 cm³/mol. The van der Waals surface area contributed by atoms with Crippen LogP contribution in [-0.4, -0.2) is 24.2 Å². The lowest BCUT2D eigenvalue weighted by Gasteiger charge is -2.08. The minimum absolute atomic E-state index is 0.0200. The molecule has 0 saturated heterocycles. The van der Waals surface area contributed by atoms with Gasteiger partial charge in [-0.3, -0.25) is 0 Å². The molecule has 0 spiro atoms. The maximum Gasteiger partial charge on any atom is 0.223 e. The van der Waals surface area contributed by atoms with Gasteiger partial charge in [-0.15, -0.1) is 0 Å². The molecule has 2 rings (SSSR count). The van der Waals surface area contributed by atoms with Gasteiger partial charge in [-0.1, -0.05) is 6.07 Å². The van der Waals surface area contributed by atoms with E-state index in [0.29, 0.717) is 5.69 Å². The molecule has 0 saturated carbocycles. The fraction of sp³-hybridized carbons (Fsp3) is 0.167. The highest BCUT2D eigenvalue weighted by Gasteiger charge is 2.13. The molecule has 0 fully saturated rings. The fourth-order valence-corrected chi connectivity index (χ4v) is 1.55. The van der Waals surface area contributed by atoms with E-state index in [4.69, 9.17) is 15.2 Å². The number of anilines is 1. The first kappa shape index (κ1) is 12.1. The highest BCUT2D eigenvalue weighted by atomic mass is 19.1. The van der Waals surface area contributed by atoms with E-state index >= 15 is 0 Å². The van der Waals surface area contributed by atoms with Crippen LogP contribution in [0.5, 0.6) is 11.6 Å². The molecular weight excluding hydrogens is 237 g/mol. The van der Waals surface area contributed by atoms with E-state index in [1.807, 2.05) is 0 Å². The molecule has 0 aliphatic heterocycles. The molecule has 0 bridgehead atoms. The first-order chi connectivity index (χ1) is 8.65. The van der Waals surface area contributed by atoms with Crippen molar-refractivity contribution in [2.75, 3.05) is 20.0 Å². The van der Waals surface area contributed by atoms with Crippen LogP contribution in [0.3, 0.4) is 0 Å². The molecule has 94 valence electrons. The van der Waals surface area contributed by atoms with Crippen LogP contribution < -0.4 is 15.2 Å². The fourth-order valence-electron chi connectivity index (χ4n) is 1.55. The van der Waals surface area contributed by atoms with Crippen molar-refractivity contribution < 1.29 is 13.9 Å². The van der Waals surface area contributed by atoms with Crippen molar-refractivity contribution in [3.05, 3.63) is 30.1 Å². The molecule has 1 aromatic heterocycles. The molecular formula is C12H12FN3O2. The summed E-state index contributed by atoms with van der Waals surface area (Å²) in [5, 5.41) is 0. The Labute approximate surface area is 103 Å². The molecule has 18 heavy (non-hydrogen) atoms. The molecule has 5 nitrogen and oxygen atoms in total. The van der Waals surface area contributed by atoms with E-state index in [-0.39, 0.29) is 23.1 Å². The van der Waals surface area contributed by atoms with E-state index in [2.05, 4.69) is 9.97 Å². The summed E-state index contributed by atoms with van der Waals surface area (Å²) in [5.41, 5.74) is 6.16. The zero-order chi connectivity index (χ0) is 13.1. The van der Waals surface area contributed by atoms with E-state index in [1.165, 1.54) is 26.4 Å². The Morgan fingerprint density at radius 3 is 2.61 bits per heavy atom. The SMILES string of the molecule is COc1cc(-c2cccc(OC)c2F)nc(N)n1. The number of aromatic nitrogens is 2. The second kappa shape index (κ2) is 4.87. The van der Waals surface area contributed by atoms with Gasteiger partial charge in [-0.05, 0) is 12.1 Å². The molecule has 0 unspecified atom stereocenters. The highest BCUT2D eigenvalue weighted by molar-refractivity contribution is 5.64. The van der Waals surface area contributed by atoms with E-state index in [9.17, 15) is 4.39 Å². The van der Waals surface area contributed by atoms with Gasteiger partial charge in [0.1, 0.15) is 0 Å². The van der Waals surface area contributed by atoms with Gasteiger partial charge in [0, 0.05) is 11.6 Å². The highest BCUT2D eigenvalue weighted by Crippen LogP contribution is 2.29. The summed E-state index contributed by atoms with van der Waals surface area (Å²) in [6, 6.07) is 6.29. The second-order valence-electron chi connectivity index (χ2n) is 3.48. The van der Waals surface area contributed by atoms with Gasteiger partial charge >= 0.3 is 0 Å². The number of benzene rings is 1. The number of ether oxygens (including phenoxy) is 2. The van der Waals surface area contributed by atoms with Gasteiger partial charge in [0.25, 0.3) is 0 Å². The Kier molecular flexibility index (Phi) is 3.27. The molecule has 2 N–H and O–H groups in total. The molecule has 0 amide bonds. The molecule has 2 aromatic rings. The first-order valence-corrected chi connectivity index (χ1v) is 5.17. The minimum atomic E-state index is -0.500. The number of halogens is 1. The van der Waals surface area contributed by atoms with Crippen LogP contribution in [0.25, 0.3) is 11.3 Å². The molecule has 0 aliphatic carbocycles. The van der Waals surface area contributed by atoms with Gasteiger partial charge in [0.05, 0.1) is 19.9 Å². The van der Waals surface area contributed by atoms with E-state index < -0.39 is 5.82 Å². The number of methoxy groups -OCH3 is 2. The molecule has 1 heterocycles. The normalized spacial score (nSPS) is 10.2. The molecule has 0 atom stereocenters. The summed E-state index contributed by atoms with van der Waals surface area (Å²) in [6.45, 7) is 0. The van der Waals surface area contributed by atoms with Gasteiger partial charge < -0.3 is 15.2 Å². The van der Waals surface area contributed by atoms with Crippen LogP contribution in [0.2, 0.25) is 0 Å². The first-order valence-electron chi connectivity index (χ1n) is 5.17. The van der Waals surface area contributed by atoms with Crippen molar-refractivity contribution >= 4 is 5.95 Å². The van der Waals surface area contributed by atoms with E-state index in [0.717, 1.165) is 0 Å².